The van der Waals surface area contributed by atoms with Gasteiger partial charge >= 0.3 is 5.97 Å². The number of aromatic nitrogens is 1. The summed E-state index contributed by atoms with van der Waals surface area (Å²) in [5, 5.41) is 14.5. The number of carboxylic acid groups (broad SMARTS) is 1. The van der Waals surface area contributed by atoms with Crippen LogP contribution >= 0.6 is 11.8 Å². The molecule has 0 saturated carbocycles. The van der Waals surface area contributed by atoms with Crippen LogP contribution in [0, 0.1) is 0 Å². The molecule has 0 saturated heterocycles. The number of nitrogens with zero attached hydrogens (tertiary/aromatic N) is 1. The lowest BCUT2D eigenvalue weighted by Crippen LogP contribution is -2.34. The van der Waals surface area contributed by atoms with Gasteiger partial charge in [-0.05, 0) is 12.1 Å². The molecule has 7 nitrogen and oxygen atoms in total. The highest BCUT2D eigenvalue weighted by molar-refractivity contribution is 7.99. The van der Waals surface area contributed by atoms with Crippen molar-refractivity contribution in [1.82, 2.24) is 15.6 Å². The zero-order chi connectivity index (χ0) is 15.0. The van der Waals surface area contributed by atoms with E-state index in [1.165, 1.54) is 25.3 Å². The van der Waals surface area contributed by atoms with Crippen molar-refractivity contribution in [2.24, 2.45) is 0 Å². The second-order valence-corrected chi connectivity index (χ2v) is 4.81. The van der Waals surface area contributed by atoms with E-state index in [1.807, 2.05) is 0 Å². The van der Waals surface area contributed by atoms with Crippen molar-refractivity contribution in [2.75, 3.05) is 18.8 Å². The molecule has 0 bridgehead atoms. The van der Waals surface area contributed by atoms with Crippen molar-refractivity contribution in [3.8, 4) is 0 Å². The maximum atomic E-state index is 11.5. The summed E-state index contributed by atoms with van der Waals surface area (Å²) >= 11 is 1.15. The van der Waals surface area contributed by atoms with E-state index >= 15 is 0 Å². The van der Waals surface area contributed by atoms with E-state index in [4.69, 9.17) is 5.11 Å². The van der Waals surface area contributed by atoms with Crippen LogP contribution in [0.5, 0.6) is 0 Å². The average Bonchev–Trinajstić information content (AvgIpc) is 2.41. The number of hydrogen-bond donors (Lipinski definition) is 3. The van der Waals surface area contributed by atoms with Crippen LogP contribution in [-0.4, -0.2) is 46.7 Å². The van der Waals surface area contributed by atoms with Crippen LogP contribution < -0.4 is 10.6 Å². The van der Waals surface area contributed by atoms with Crippen molar-refractivity contribution in [3.05, 3.63) is 23.9 Å². The number of thioether (sulfide) groups is 1. The van der Waals surface area contributed by atoms with Gasteiger partial charge in [0.25, 0.3) is 0 Å². The highest BCUT2D eigenvalue weighted by Crippen LogP contribution is 2.15. The van der Waals surface area contributed by atoms with Crippen molar-refractivity contribution < 1.29 is 19.5 Å². The van der Waals surface area contributed by atoms with Gasteiger partial charge < -0.3 is 15.7 Å². The van der Waals surface area contributed by atoms with Crippen LogP contribution in [0.25, 0.3) is 0 Å². The topological polar surface area (TPSA) is 108 Å². The van der Waals surface area contributed by atoms with E-state index in [-0.39, 0.29) is 23.1 Å². The van der Waals surface area contributed by atoms with Gasteiger partial charge in [-0.15, -0.1) is 0 Å². The molecule has 108 valence electrons. The molecule has 0 aliphatic heterocycles. The molecule has 1 heterocycles. The summed E-state index contributed by atoms with van der Waals surface area (Å²) in [5.74, 6) is -1.25. The van der Waals surface area contributed by atoms with Gasteiger partial charge in [0.15, 0.2) is 0 Å². The summed E-state index contributed by atoms with van der Waals surface area (Å²) < 4.78 is 0. The first-order chi connectivity index (χ1) is 9.49. The van der Waals surface area contributed by atoms with Crippen LogP contribution in [0.3, 0.4) is 0 Å². The average molecular weight is 297 g/mol. The highest BCUT2D eigenvalue weighted by Gasteiger charge is 2.07. The molecular formula is C12H15N3O4S. The number of aromatic carboxylic acids is 1. The smallest absolute Gasteiger partial charge is 0.335 e. The number of amides is 2. The zero-order valence-electron chi connectivity index (χ0n) is 10.9. The van der Waals surface area contributed by atoms with Gasteiger partial charge in [-0.1, -0.05) is 11.8 Å². The Labute approximate surface area is 120 Å². The van der Waals surface area contributed by atoms with Gasteiger partial charge in [-0.3, -0.25) is 9.59 Å². The van der Waals surface area contributed by atoms with Gasteiger partial charge in [-0.25, -0.2) is 9.78 Å². The third kappa shape index (κ3) is 6.19. The molecule has 2 amide bonds. The molecule has 0 atom stereocenters. The van der Waals surface area contributed by atoms with Crippen molar-refractivity contribution in [2.45, 2.75) is 11.9 Å². The second kappa shape index (κ2) is 8.16. The molecule has 0 fully saturated rings. The Morgan fingerprint density at radius 3 is 2.65 bits per heavy atom. The molecule has 1 aromatic rings. The summed E-state index contributed by atoms with van der Waals surface area (Å²) in [6.45, 7) is 2.12. The number of nitrogens with one attached hydrogen (secondary N) is 2. The van der Waals surface area contributed by atoms with E-state index in [1.54, 1.807) is 0 Å². The first-order valence-corrected chi connectivity index (χ1v) is 6.81. The summed E-state index contributed by atoms with van der Waals surface area (Å²) in [6, 6.07) is 2.80. The summed E-state index contributed by atoms with van der Waals surface area (Å²) in [7, 11) is 0. The van der Waals surface area contributed by atoms with Gasteiger partial charge in [0, 0.05) is 26.2 Å². The van der Waals surface area contributed by atoms with Crippen LogP contribution in [0.15, 0.2) is 23.4 Å². The Kier molecular flexibility index (Phi) is 6.51. The van der Waals surface area contributed by atoms with Crippen molar-refractivity contribution >= 4 is 29.5 Å². The molecule has 1 aromatic heterocycles. The molecule has 0 aromatic carbocycles. The summed E-state index contributed by atoms with van der Waals surface area (Å²) in [6.07, 6.45) is 1.39. The molecule has 0 aliphatic rings. The number of rotatable bonds is 7. The second-order valence-electron chi connectivity index (χ2n) is 3.81. The van der Waals surface area contributed by atoms with E-state index in [0.29, 0.717) is 18.1 Å². The fraction of sp³-hybridized carbons (Fsp3) is 0.333. The Morgan fingerprint density at radius 1 is 1.30 bits per heavy atom. The molecule has 0 aliphatic carbocycles. The van der Waals surface area contributed by atoms with Crippen LogP contribution in [0.1, 0.15) is 17.3 Å². The largest absolute Gasteiger partial charge is 0.478 e. The summed E-state index contributed by atoms with van der Waals surface area (Å²) in [5.41, 5.74) is 0.133. The monoisotopic (exact) mass is 297 g/mol. The number of carboxylic acids is 1. The first-order valence-electron chi connectivity index (χ1n) is 5.82. The molecule has 1 rings (SSSR count). The number of carbonyl (C=O) groups is 3. The summed E-state index contributed by atoms with van der Waals surface area (Å²) in [4.78, 5) is 36.8. The number of hydrogen-bond acceptors (Lipinski definition) is 5. The Balaban J connectivity index is 2.32. The normalized spacial score (nSPS) is 9.85. The zero-order valence-corrected chi connectivity index (χ0v) is 11.7. The molecule has 0 radical (unpaired) electrons. The molecule has 20 heavy (non-hydrogen) atoms. The Morgan fingerprint density at radius 2 is 2.00 bits per heavy atom. The predicted octanol–water partition coefficient (Wildman–Crippen LogP) is 0.124. The van der Waals surface area contributed by atoms with E-state index in [2.05, 4.69) is 15.6 Å². The van der Waals surface area contributed by atoms with Crippen LogP contribution in [0.4, 0.5) is 0 Å². The Bertz CT molecular complexity index is 507. The van der Waals surface area contributed by atoms with Crippen LogP contribution in [0.2, 0.25) is 0 Å². The van der Waals surface area contributed by atoms with Crippen molar-refractivity contribution in [3.63, 3.8) is 0 Å². The maximum Gasteiger partial charge on any atom is 0.335 e. The minimum atomic E-state index is -1.03. The van der Waals surface area contributed by atoms with Gasteiger partial charge in [0.1, 0.15) is 0 Å². The van der Waals surface area contributed by atoms with Crippen LogP contribution in [-0.2, 0) is 9.59 Å². The molecule has 3 N–H and O–H groups in total. The van der Waals surface area contributed by atoms with Gasteiger partial charge in [0.05, 0.1) is 16.3 Å². The van der Waals surface area contributed by atoms with Gasteiger partial charge in [0.2, 0.25) is 11.8 Å². The van der Waals surface area contributed by atoms with Crippen molar-refractivity contribution in [1.29, 1.82) is 0 Å². The molecular weight excluding hydrogens is 282 g/mol. The lowest BCUT2D eigenvalue weighted by atomic mass is 10.3. The predicted molar refractivity (Wildman–Crippen MR) is 73.6 cm³/mol. The molecule has 0 unspecified atom stereocenters. The Hall–Kier alpha value is -2.09. The first kappa shape index (κ1) is 16.0. The minimum absolute atomic E-state index is 0.133. The standard InChI is InChI=1S/C12H15N3O4S/c1-8(16)13-4-5-14-10(17)7-20-11-6-9(12(18)19)2-3-15-11/h2-3,6H,4-5,7H2,1H3,(H,13,16)(H,14,17)(H,18,19). The third-order valence-corrected chi connectivity index (χ3v) is 3.08. The highest BCUT2D eigenvalue weighted by atomic mass is 32.2. The molecule has 8 heteroatoms. The fourth-order valence-corrected chi connectivity index (χ4v) is 1.98. The third-order valence-electron chi connectivity index (χ3n) is 2.15. The lowest BCUT2D eigenvalue weighted by molar-refractivity contribution is -0.120. The number of carbonyl (C=O) groups excluding carboxylic acids is 2. The minimum Gasteiger partial charge on any atom is -0.478 e. The van der Waals surface area contributed by atoms with E-state index < -0.39 is 5.97 Å². The van der Waals surface area contributed by atoms with Gasteiger partial charge in [-0.2, -0.15) is 0 Å². The maximum absolute atomic E-state index is 11.5. The SMILES string of the molecule is CC(=O)NCCNC(=O)CSc1cc(C(=O)O)ccn1. The molecule has 0 spiro atoms. The van der Waals surface area contributed by atoms with E-state index in [0.717, 1.165) is 11.8 Å². The quantitative estimate of drug-likeness (QED) is 0.487. The lowest BCUT2D eigenvalue weighted by Gasteiger charge is -2.05. The number of pyridine rings is 1. The fourth-order valence-electron chi connectivity index (χ4n) is 1.25. The van der Waals surface area contributed by atoms with E-state index in [9.17, 15) is 14.4 Å².